The van der Waals surface area contributed by atoms with Crippen LogP contribution in [0.3, 0.4) is 0 Å². The Hall–Kier alpha value is -3.12. The van der Waals surface area contributed by atoms with Gasteiger partial charge in [-0.25, -0.2) is 0 Å². The molecular formula is C28H26. The maximum Gasteiger partial charge on any atom is -0.0105 e. The van der Waals surface area contributed by atoms with Crippen LogP contribution in [0.5, 0.6) is 0 Å². The zero-order valence-electron chi connectivity index (χ0n) is 16.4. The highest BCUT2D eigenvalue weighted by atomic mass is 14.1. The SMILES string of the molecule is CCCCc1ccc(-c2ccccc2-c2ccc(-c3ccccc3)cc2)cc1. The van der Waals surface area contributed by atoms with Crippen LogP contribution < -0.4 is 0 Å². The molecule has 0 aliphatic heterocycles. The highest BCUT2D eigenvalue weighted by molar-refractivity contribution is 5.84. The molecule has 4 aromatic carbocycles. The third-order valence-electron chi connectivity index (χ3n) is 5.31. The van der Waals surface area contributed by atoms with Gasteiger partial charge >= 0.3 is 0 Å². The Balaban J connectivity index is 1.64. The van der Waals surface area contributed by atoms with Crippen molar-refractivity contribution in [3.63, 3.8) is 0 Å². The van der Waals surface area contributed by atoms with Crippen molar-refractivity contribution in [3.05, 3.63) is 109 Å². The Labute approximate surface area is 168 Å². The third kappa shape index (κ3) is 4.07. The minimum absolute atomic E-state index is 1.17. The lowest BCUT2D eigenvalue weighted by molar-refractivity contribution is 0.795. The average molecular weight is 363 g/mol. The smallest absolute Gasteiger partial charge is 0.0105 e. The van der Waals surface area contributed by atoms with Crippen molar-refractivity contribution in [1.29, 1.82) is 0 Å². The van der Waals surface area contributed by atoms with Crippen molar-refractivity contribution >= 4 is 0 Å². The van der Waals surface area contributed by atoms with Gasteiger partial charge in [0, 0.05) is 0 Å². The molecule has 0 radical (unpaired) electrons. The molecule has 0 saturated heterocycles. The molecule has 0 spiro atoms. The van der Waals surface area contributed by atoms with Gasteiger partial charge in [0.2, 0.25) is 0 Å². The van der Waals surface area contributed by atoms with Crippen LogP contribution >= 0.6 is 0 Å². The lowest BCUT2D eigenvalue weighted by Crippen LogP contribution is -1.88. The first-order valence-corrected chi connectivity index (χ1v) is 10.2. The van der Waals surface area contributed by atoms with E-state index < -0.39 is 0 Å². The van der Waals surface area contributed by atoms with Crippen molar-refractivity contribution in [3.8, 4) is 33.4 Å². The predicted molar refractivity (Wildman–Crippen MR) is 121 cm³/mol. The largest absolute Gasteiger partial charge is 0.0654 e. The second kappa shape index (κ2) is 8.71. The van der Waals surface area contributed by atoms with Gasteiger partial charge in [-0.2, -0.15) is 0 Å². The lowest BCUT2D eigenvalue weighted by atomic mass is 9.92. The zero-order chi connectivity index (χ0) is 19.2. The molecule has 0 aliphatic rings. The summed E-state index contributed by atoms with van der Waals surface area (Å²) in [6.45, 7) is 2.24. The van der Waals surface area contributed by atoms with E-state index in [0.717, 1.165) is 0 Å². The minimum atomic E-state index is 1.17. The Morgan fingerprint density at radius 3 is 1.50 bits per heavy atom. The van der Waals surface area contributed by atoms with Gasteiger partial charge in [-0.1, -0.05) is 116 Å². The summed E-state index contributed by atoms with van der Waals surface area (Å²) in [7, 11) is 0. The topological polar surface area (TPSA) is 0 Å². The molecule has 4 rings (SSSR count). The zero-order valence-corrected chi connectivity index (χ0v) is 16.4. The molecule has 4 aromatic rings. The van der Waals surface area contributed by atoms with Crippen LogP contribution in [0.25, 0.3) is 33.4 Å². The fourth-order valence-electron chi connectivity index (χ4n) is 3.69. The monoisotopic (exact) mass is 362 g/mol. The quantitative estimate of drug-likeness (QED) is 0.325. The van der Waals surface area contributed by atoms with E-state index in [1.807, 2.05) is 0 Å². The summed E-state index contributed by atoms with van der Waals surface area (Å²) in [4.78, 5) is 0. The molecule has 0 amide bonds. The predicted octanol–water partition coefficient (Wildman–Crippen LogP) is 8.03. The molecular weight excluding hydrogens is 336 g/mol. The highest BCUT2D eigenvalue weighted by Gasteiger charge is 2.07. The normalized spacial score (nSPS) is 10.8. The van der Waals surface area contributed by atoms with Crippen LogP contribution in [0.15, 0.2) is 103 Å². The molecule has 0 unspecified atom stereocenters. The van der Waals surface area contributed by atoms with E-state index in [-0.39, 0.29) is 0 Å². The summed E-state index contributed by atoms with van der Waals surface area (Å²) in [5.74, 6) is 0. The molecule has 0 heterocycles. The first-order chi connectivity index (χ1) is 13.8. The standard InChI is InChI=1S/C28H26/c1-2-3-9-22-14-16-25(17-15-22)27-12-7-8-13-28(27)26-20-18-24(19-21-26)23-10-5-4-6-11-23/h4-8,10-21H,2-3,9H2,1H3. The van der Waals surface area contributed by atoms with E-state index in [9.17, 15) is 0 Å². The van der Waals surface area contributed by atoms with Crippen LogP contribution in [0.1, 0.15) is 25.3 Å². The molecule has 138 valence electrons. The number of aryl methyl sites for hydroxylation is 1. The number of hydrogen-bond donors (Lipinski definition) is 0. The van der Waals surface area contributed by atoms with E-state index in [4.69, 9.17) is 0 Å². The highest BCUT2D eigenvalue weighted by Crippen LogP contribution is 2.33. The average Bonchev–Trinajstić information content (AvgIpc) is 2.79. The van der Waals surface area contributed by atoms with Crippen LogP contribution in [-0.4, -0.2) is 0 Å². The number of rotatable bonds is 6. The maximum atomic E-state index is 2.28. The Bertz CT molecular complexity index is 1010. The summed E-state index contributed by atoms with van der Waals surface area (Å²) in [6, 6.07) is 37.2. The van der Waals surface area contributed by atoms with Crippen LogP contribution in [0, 0.1) is 0 Å². The van der Waals surface area contributed by atoms with Gasteiger partial charge in [-0.15, -0.1) is 0 Å². The van der Waals surface area contributed by atoms with E-state index >= 15 is 0 Å². The first kappa shape index (κ1) is 18.3. The molecule has 0 N–H and O–H groups in total. The summed E-state index contributed by atoms with van der Waals surface area (Å²) in [6.07, 6.45) is 3.66. The fraction of sp³-hybridized carbons (Fsp3) is 0.143. The van der Waals surface area contributed by atoms with Crippen LogP contribution in [-0.2, 0) is 6.42 Å². The minimum Gasteiger partial charge on any atom is -0.0654 e. The molecule has 0 aromatic heterocycles. The molecule has 0 fully saturated rings. The lowest BCUT2D eigenvalue weighted by Gasteiger charge is -2.12. The third-order valence-corrected chi connectivity index (χ3v) is 5.31. The fourth-order valence-corrected chi connectivity index (χ4v) is 3.69. The van der Waals surface area contributed by atoms with Crippen molar-refractivity contribution in [2.45, 2.75) is 26.2 Å². The van der Waals surface area contributed by atoms with Crippen molar-refractivity contribution in [1.82, 2.24) is 0 Å². The summed E-state index contributed by atoms with van der Waals surface area (Å²) < 4.78 is 0. The van der Waals surface area contributed by atoms with Crippen molar-refractivity contribution in [2.24, 2.45) is 0 Å². The summed E-state index contributed by atoms with van der Waals surface area (Å²) >= 11 is 0. The van der Waals surface area contributed by atoms with Gasteiger partial charge in [0.25, 0.3) is 0 Å². The number of benzene rings is 4. The molecule has 0 heteroatoms. The van der Waals surface area contributed by atoms with E-state index in [1.165, 1.54) is 58.2 Å². The number of unbranched alkanes of at least 4 members (excludes halogenated alkanes) is 1. The van der Waals surface area contributed by atoms with Crippen LogP contribution in [0.4, 0.5) is 0 Å². The van der Waals surface area contributed by atoms with Gasteiger partial charge in [0.1, 0.15) is 0 Å². The summed E-state index contributed by atoms with van der Waals surface area (Å²) in [5, 5.41) is 0. The van der Waals surface area contributed by atoms with Gasteiger partial charge in [-0.3, -0.25) is 0 Å². The second-order valence-corrected chi connectivity index (χ2v) is 7.29. The van der Waals surface area contributed by atoms with Gasteiger partial charge < -0.3 is 0 Å². The maximum absolute atomic E-state index is 2.28. The molecule has 0 aliphatic carbocycles. The van der Waals surface area contributed by atoms with Crippen molar-refractivity contribution < 1.29 is 0 Å². The van der Waals surface area contributed by atoms with E-state index in [1.54, 1.807) is 0 Å². The molecule has 0 nitrogen and oxygen atoms in total. The Kier molecular flexibility index (Phi) is 5.68. The van der Waals surface area contributed by atoms with Crippen molar-refractivity contribution in [2.75, 3.05) is 0 Å². The molecule has 28 heavy (non-hydrogen) atoms. The first-order valence-electron chi connectivity index (χ1n) is 10.2. The molecule has 0 bridgehead atoms. The van der Waals surface area contributed by atoms with Gasteiger partial charge in [0.15, 0.2) is 0 Å². The Morgan fingerprint density at radius 1 is 0.464 bits per heavy atom. The summed E-state index contributed by atoms with van der Waals surface area (Å²) in [5.41, 5.74) is 9.04. The Morgan fingerprint density at radius 2 is 0.929 bits per heavy atom. The van der Waals surface area contributed by atoms with E-state index in [0.29, 0.717) is 0 Å². The van der Waals surface area contributed by atoms with E-state index in [2.05, 4.69) is 110 Å². The molecule has 0 saturated carbocycles. The molecule has 0 atom stereocenters. The second-order valence-electron chi connectivity index (χ2n) is 7.29. The van der Waals surface area contributed by atoms with Gasteiger partial charge in [-0.05, 0) is 51.8 Å². The van der Waals surface area contributed by atoms with Crippen LogP contribution in [0.2, 0.25) is 0 Å². The number of hydrogen-bond acceptors (Lipinski definition) is 0. The van der Waals surface area contributed by atoms with Gasteiger partial charge in [0.05, 0.1) is 0 Å².